The van der Waals surface area contributed by atoms with E-state index in [-0.39, 0.29) is 17.9 Å². The number of carbonyl (C=O) groups is 2. The normalized spacial score (nSPS) is 12.3. The molecule has 0 aromatic rings. The first-order chi connectivity index (χ1) is 8.56. The third-order valence-corrected chi connectivity index (χ3v) is 2.77. The lowest BCUT2D eigenvalue weighted by molar-refractivity contribution is -0.141. The van der Waals surface area contributed by atoms with Crippen molar-refractivity contribution in [1.29, 1.82) is 0 Å². The smallest absolute Gasteiger partial charge is 0.306 e. The maximum atomic E-state index is 11.8. The Balaban J connectivity index is 4.11. The third kappa shape index (κ3) is 6.56. The van der Waals surface area contributed by atoms with Gasteiger partial charge in [-0.2, -0.15) is 0 Å². The highest BCUT2D eigenvalue weighted by Crippen LogP contribution is 2.01. The maximum Gasteiger partial charge on any atom is 0.306 e. The van der Waals surface area contributed by atoms with Crippen molar-refractivity contribution in [2.24, 2.45) is 0 Å². The average Bonchev–Trinajstić information content (AvgIpc) is 2.38. The summed E-state index contributed by atoms with van der Waals surface area (Å²) in [4.78, 5) is 24.8. The van der Waals surface area contributed by atoms with Gasteiger partial charge >= 0.3 is 5.97 Å². The number of hydrogen-bond donors (Lipinski definition) is 1. The van der Waals surface area contributed by atoms with Gasteiger partial charge in [0.05, 0.1) is 26.2 Å². The molecule has 0 heterocycles. The lowest BCUT2D eigenvalue weighted by Gasteiger charge is -2.26. The van der Waals surface area contributed by atoms with Crippen LogP contribution in [0.25, 0.3) is 0 Å². The van der Waals surface area contributed by atoms with Gasteiger partial charge in [-0.05, 0) is 13.5 Å². The Morgan fingerprint density at radius 1 is 1.33 bits per heavy atom. The fourth-order valence-electron chi connectivity index (χ4n) is 1.55. The van der Waals surface area contributed by atoms with Gasteiger partial charge in [0.25, 0.3) is 0 Å². The second-order valence-electron chi connectivity index (χ2n) is 3.91. The van der Waals surface area contributed by atoms with Crippen LogP contribution < -0.4 is 5.32 Å². The summed E-state index contributed by atoms with van der Waals surface area (Å²) in [5.41, 5.74) is 0. The van der Waals surface area contributed by atoms with Crippen LogP contribution in [0.2, 0.25) is 0 Å². The molecule has 0 saturated carbocycles. The molecule has 6 heteroatoms. The zero-order valence-corrected chi connectivity index (χ0v) is 11.7. The van der Waals surface area contributed by atoms with Crippen molar-refractivity contribution in [2.75, 3.05) is 40.5 Å². The molecule has 1 N–H and O–H groups in total. The highest BCUT2D eigenvalue weighted by molar-refractivity contribution is 5.81. The predicted octanol–water partition coefficient (Wildman–Crippen LogP) is 0.0225. The van der Waals surface area contributed by atoms with Crippen molar-refractivity contribution in [3.63, 3.8) is 0 Å². The molecule has 1 atom stereocenters. The van der Waals surface area contributed by atoms with Gasteiger partial charge in [0.2, 0.25) is 5.91 Å². The topological polar surface area (TPSA) is 67.9 Å². The second kappa shape index (κ2) is 9.85. The van der Waals surface area contributed by atoms with E-state index >= 15 is 0 Å². The molecule has 0 fully saturated rings. The Morgan fingerprint density at radius 3 is 2.50 bits per heavy atom. The van der Waals surface area contributed by atoms with Gasteiger partial charge in [-0.3, -0.25) is 14.5 Å². The predicted molar refractivity (Wildman–Crippen MR) is 68.2 cm³/mol. The number of hydrogen-bond acceptors (Lipinski definition) is 5. The summed E-state index contributed by atoms with van der Waals surface area (Å²) >= 11 is 0. The summed E-state index contributed by atoms with van der Waals surface area (Å²) < 4.78 is 9.44. The van der Waals surface area contributed by atoms with Crippen molar-refractivity contribution < 1.29 is 19.1 Å². The summed E-state index contributed by atoms with van der Waals surface area (Å²) in [6.45, 7) is 5.98. The number of amides is 1. The van der Waals surface area contributed by atoms with E-state index in [4.69, 9.17) is 4.74 Å². The zero-order valence-electron chi connectivity index (χ0n) is 11.7. The molecule has 106 valence electrons. The summed E-state index contributed by atoms with van der Waals surface area (Å²) in [5.74, 6) is -0.320. The number of likely N-dealkylation sites (N-methyl/N-ethyl adjacent to an activating group) is 1. The molecule has 1 amide bonds. The number of ether oxygens (including phenoxy) is 2. The molecule has 0 aromatic heterocycles. The molecule has 0 saturated heterocycles. The minimum absolute atomic E-state index is 0.0567. The number of nitrogens with zero attached hydrogens (tertiary/aromatic N) is 1. The number of carbonyl (C=O) groups excluding carboxylic acids is 2. The summed E-state index contributed by atoms with van der Waals surface area (Å²) in [6, 6.07) is -0.267. The molecule has 0 aliphatic heterocycles. The highest BCUT2D eigenvalue weighted by atomic mass is 16.5. The van der Waals surface area contributed by atoms with E-state index in [9.17, 15) is 9.59 Å². The van der Waals surface area contributed by atoms with Crippen LogP contribution in [0, 0.1) is 0 Å². The Kier molecular flexibility index (Phi) is 9.22. The molecule has 1 unspecified atom stereocenters. The third-order valence-electron chi connectivity index (χ3n) is 2.77. The molecule has 0 aliphatic rings. The molecule has 0 radical (unpaired) electrons. The van der Waals surface area contributed by atoms with E-state index in [1.54, 1.807) is 7.11 Å². The van der Waals surface area contributed by atoms with Gasteiger partial charge in [0, 0.05) is 20.2 Å². The van der Waals surface area contributed by atoms with Gasteiger partial charge in [-0.1, -0.05) is 6.92 Å². The second-order valence-corrected chi connectivity index (χ2v) is 3.91. The number of rotatable bonds is 9. The van der Waals surface area contributed by atoms with Crippen molar-refractivity contribution in [2.45, 2.75) is 26.3 Å². The molecule has 6 nitrogen and oxygen atoms in total. The molecular weight excluding hydrogens is 236 g/mol. The van der Waals surface area contributed by atoms with Gasteiger partial charge in [0.15, 0.2) is 0 Å². The summed E-state index contributed by atoms with van der Waals surface area (Å²) in [5, 5.41) is 2.78. The zero-order chi connectivity index (χ0) is 14.0. The number of methoxy groups -OCH3 is 2. The van der Waals surface area contributed by atoms with Gasteiger partial charge < -0.3 is 14.8 Å². The summed E-state index contributed by atoms with van der Waals surface area (Å²) in [7, 11) is 2.95. The Hall–Kier alpha value is -1.14. The minimum atomic E-state index is -0.267. The number of esters is 1. The molecule has 0 spiro atoms. The van der Waals surface area contributed by atoms with Crippen molar-refractivity contribution in [1.82, 2.24) is 10.2 Å². The Bertz CT molecular complexity index is 258. The van der Waals surface area contributed by atoms with Crippen LogP contribution in [0.1, 0.15) is 20.3 Å². The summed E-state index contributed by atoms with van der Waals surface area (Å²) in [6.07, 6.45) is 0.292. The van der Waals surface area contributed by atoms with Crippen LogP contribution in [0.5, 0.6) is 0 Å². The molecule has 0 aromatic carbocycles. The quantitative estimate of drug-likeness (QED) is 0.468. The monoisotopic (exact) mass is 260 g/mol. The fraction of sp³-hybridized carbons (Fsp3) is 0.833. The van der Waals surface area contributed by atoms with Crippen LogP contribution in [0.3, 0.4) is 0 Å². The van der Waals surface area contributed by atoms with E-state index in [1.807, 2.05) is 18.7 Å². The Labute approximate surface area is 109 Å². The SMILES string of the molecule is CCN(CCC(=O)OC)C(C)C(=O)NCCOC. The van der Waals surface area contributed by atoms with E-state index < -0.39 is 0 Å². The van der Waals surface area contributed by atoms with Crippen LogP contribution in [-0.4, -0.2) is 63.3 Å². The van der Waals surface area contributed by atoms with Crippen molar-refractivity contribution >= 4 is 11.9 Å². The lowest BCUT2D eigenvalue weighted by atomic mass is 10.2. The standard InChI is InChI=1S/C12H24N2O4/c1-5-14(8-6-11(15)18-4)10(2)12(16)13-7-9-17-3/h10H,5-9H2,1-4H3,(H,13,16). The fourth-order valence-corrected chi connectivity index (χ4v) is 1.55. The van der Waals surface area contributed by atoms with E-state index in [2.05, 4.69) is 10.1 Å². The van der Waals surface area contributed by atoms with E-state index in [0.717, 1.165) is 0 Å². The van der Waals surface area contributed by atoms with Gasteiger partial charge in [-0.15, -0.1) is 0 Å². The molecule has 18 heavy (non-hydrogen) atoms. The van der Waals surface area contributed by atoms with Crippen molar-refractivity contribution in [3.05, 3.63) is 0 Å². The number of nitrogens with one attached hydrogen (secondary N) is 1. The molecular formula is C12H24N2O4. The lowest BCUT2D eigenvalue weighted by Crippen LogP contribution is -2.46. The first-order valence-corrected chi connectivity index (χ1v) is 6.14. The van der Waals surface area contributed by atoms with E-state index in [0.29, 0.717) is 32.7 Å². The minimum Gasteiger partial charge on any atom is -0.469 e. The first kappa shape index (κ1) is 16.9. The molecule has 0 bridgehead atoms. The molecule has 0 rings (SSSR count). The largest absolute Gasteiger partial charge is 0.469 e. The highest BCUT2D eigenvalue weighted by Gasteiger charge is 2.20. The van der Waals surface area contributed by atoms with Crippen LogP contribution >= 0.6 is 0 Å². The van der Waals surface area contributed by atoms with Gasteiger partial charge in [-0.25, -0.2) is 0 Å². The average molecular weight is 260 g/mol. The van der Waals surface area contributed by atoms with Gasteiger partial charge in [0.1, 0.15) is 0 Å². The van der Waals surface area contributed by atoms with Crippen LogP contribution in [0.4, 0.5) is 0 Å². The molecule has 0 aliphatic carbocycles. The van der Waals surface area contributed by atoms with Crippen LogP contribution in [-0.2, 0) is 19.1 Å². The first-order valence-electron chi connectivity index (χ1n) is 6.14. The van der Waals surface area contributed by atoms with Crippen molar-refractivity contribution in [3.8, 4) is 0 Å². The van der Waals surface area contributed by atoms with Crippen LogP contribution in [0.15, 0.2) is 0 Å². The Morgan fingerprint density at radius 2 is 2.00 bits per heavy atom. The van der Waals surface area contributed by atoms with E-state index in [1.165, 1.54) is 7.11 Å². The maximum absolute atomic E-state index is 11.8.